The van der Waals surface area contributed by atoms with Crippen LogP contribution < -0.4 is 10.6 Å². The molecule has 4 nitrogen and oxygen atoms in total. The first kappa shape index (κ1) is 13.5. The molecule has 16 heavy (non-hydrogen) atoms. The van der Waals surface area contributed by atoms with Gasteiger partial charge in [-0.3, -0.25) is 4.79 Å². The first-order chi connectivity index (χ1) is 7.72. The fraction of sp³-hybridized carbons (Fsp3) is 0.917. The summed E-state index contributed by atoms with van der Waals surface area (Å²) in [5.41, 5.74) is 0. The first-order valence-corrected chi connectivity index (χ1v) is 6.21. The topological polar surface area (TPSA) is 50.4 Å². The summed E-state index contributed by atoms with van der Waals surface area (Å²) in [4.78, 5) is 11.5. The van der Waals surface area contributed by atoms with Crippen molar-refractivity contribution in [2.45, 2.75) is 38.6 Å². The Bertz CT molecular complexity index is 203. The van der Waals surface area contributed by atoms with Crippen molar-refractivity contribution in [2.75, 3.05) is 26.8 Å². The van der Waals surface area contributed by atoms with Crippen LogP contribution in [0.2, 0.25) is 0 Å². The fourth-order valence-corrected chi connectivity index (χ4v) is 2.06. The maximum absolute atomic E-state index is 11.5. The molecule has 0 radical (unpaired) electrons. The number of ether oxygens (including phenoxy) is 1. The molecule has 1 atom stereocenters. The highest BCUT2D eigenvalue weighted by atomic mass is 16.5. The molecule has 0 saturated heterocycles. The molecule has 1 amide bonds. The molecule has 2 N–H and O–H groups in total. The van der Waals surface area contributed by atoms with Crippen LogP contribution in [0.25, 0.3) is 0 Å². The van der Waals surface area contributed by atoms with Gasteiger partial charge in [0.2, 0.25) is 5.91 Å². The Morgan fingerprint density at radius 3 is 2.75 bits per heavy atom. The van der Waals surface area contributed by atoms with Gasteiger partial charge in [0.1, 0.15) is 0 Å². The van der Waals surface area contributed by atoms with Crippen LogP contribution in [0.3, 0.4) is 0 Å². The molecule has 0 heterocycles. The van der Waals surface area contributed by atoms with Gasteiger partial charge in [-0.1, -0.05) is 19.8 Å². The molecule has 0 aromatic heterocycles. The van der Waals surface area contributed by atoms with Gasteiger partial charge in [-0.15, -0.1) is 0 Å². The van der Waals surface area contributed by atoms with E-state index in [1.165, 1.54) is 25.7 Å². The molecule has 1 unspecified atom stereocenters. The number of carbonyl (C=O) groups excluding carboxylic acids is 1. The van der Waals surface area contributed by atoms with Crippen molar-refractivity contribution in [1.29, 1.82) is 0 Å². The normalized spacial score (nSPS) is 18.6. The number of hydrogen-bond donors (Lipinski definition) is 2. The summed E-state index contributed by atoms with van der Waals surface area (Å²) < 4.78 is 5.01. The quantitative estimate of drug-likeness (QED) is 0.681. The van der Waals surface area contributed by atoms with Crippen LogP contribution in [0, 0.1) is 5.92 Å². The van der Waals surface area contributed by atoms with Gasteiger partial charge in [0, 0.05) is 19.7 Å². The van der Waals surface area contributed by atoms with Crippen LogP contribution in [0.15, 0.2) is 0 Å². The lowest BCUT2D eigenvalue weighted by molar-refractivity contribution is -0.120. The Morgan fingerprint density at radius 2 is 2.12 bits per heavy atom. The number of methoxy groups -OCH3 is 1. The fourth-order valence-electron chi connectivity index (χ4n) is 2.06. The lowest BCUT2D eigenvalue weighted by Gasteiger charge is -2.14. The summed E-state index contributed by atoms with van der Waals surface area (Å²) in [5, 5.41) is 6.20. The van der Waals surface area contributed by atoms with Crippen LogP contribution in [-0.2, 0) is 9.53 Å². The Morgan fingerprint density at radius 1 is 1.44 bits per heavy atom. The molecule has 0 aliphatic heterocycles. The SMILES string of the molecule is COCC(C)CNC(=O)CNC1CCCC1. The molecule has 1 rings (SSSR count). The molecule has 1 saturated carbocycles. The summed E-state index contributed by atoms with van der Waals surface area (Å²) in [6, 6.07) is 0.558. The van der Waals surface area contributed by atoms with Gasteiger partial charge in [-0.2, -0.15) is 0 Å². The van der Waals surface area contributed by atoms with Crippen LogP contribution in [0.1, 0.15) is 32.6 Å². The zero-order chi connectivity index (χ0) is 11.8. The van der Waals surface area contributed by atoms with Crippen molar-refractivity contribution in [1.82, 2.24) is 10.6 Å². The molecule has 4 heteroatoms. The van der Waals surface area contributed by atoms with Gasteiger partial charge < -0.3 is 15.4 Å². The van der Waals surface area contributed by atoms with Crippen LogP contribution in [0.4, 0.5) is 0 Å². The van der Waals surface area contributed by atoms with Crippen LogP contribution in [-0.4, -0.2) is 38.8 Å². The number of amides is 1. The number of hydrogen-bond acceptors (Lipinski definition) is 3. The highest BCUT2D eigenvalue weighted by Crippen LogP contribution is 2.17. The lowest BCUT2D eigenvalue weighted by atomic mass is 10.2. The van der Waals surface area contributed by atoms with E-state index < -0.39 is 0 Å². The van der Waals surface area contributed by atoms with Gasteiger partial charge in [0.05, 0.1) is 13.2 Å². The van der Waals surface area contributed by atoms with Crippen molar-refractivity contribution >= 4 is 5.91 Å². The minimum Gasteiger partial charge on any atom is -0.384 e. The maximum atomic E-state index is 11.5. The van der Waals surface area contributed by atoms with Gasteiger partial charge in [-0.05, 0) is 18.8 Å². The van der Waals surface area contributed by atoms with Crippen molar-refractivity contribution < 1.29 is 9.53 Å². The monoisotopic (exact) mass is 228 g/mol. The van der Waals surface area contributed by atoms with Gasteiger partial charge in [0.25, 0.3) is 0 Å². The van der Waals surface area contributed by atoms with Gasteiger partial charge in [-0.25, -0.2) is 0 Å². The molecule has 1 aliphatic carbocycles. The summed E-state index contributed by atoms with van der Waals surface area (Å²) in [5.74, 6) is 0.468. The zero-order valence-corrected chi connectivity index (χ0v) is 10.4. The molecule has 94 valence electrons. The van der Waals surface area contributed by atoms with E-state index in [4.69, 9.17) is 4.74 Å². The highest BCUT2D eigenvalue weighted by molar-refractivity contribution is 5.77. The third-order valence-electron chi connectivity index (χ3n) is 3.01. The van der Waals surface area contributed by atoms with E-state index in [9.17, 15) is 4.79 Å². The smallest absolute Gasteiger partial charge is 0.233 e. The van der Waals surface area contributed by atoms with Crippen LogP contribution >= 0.6 is 0 Å². The van der Waals surface area contributed by atoms with E-state index in [0.29, 0.717) is 31.7 Å². The predicted octanol–water partition coefficient (Wildman–Crippen LogP) is 0.917. The largest absolute Gasteiger partial charge is 0.384 e. The molecular weight excluding hydrogens is 204 g/mol. The molecule has 0 spiro atoms. The second-order valence-electron chi connectivity index (χ2n) is 4.73. The molecule has 1 fully saturated rings. The second-order valence-corrected chi connectivity index (χ2v) is 4.73. The van der Waals surface area contributed by atoms with Crippen molar-refractivity contribution in [3.8, 4) is 0 Å². The number of carbonyl (C=O) groups is 1. The minimum absolute atomic E-state index is 0.0925. The molecule has 0 bridgehead atoms. The molecule has 0 aromatic carbocycles. The predicted molar refractivity (Wildman–Crippen MR) is 64.3 cm³/mol. The molecule has 0 aromatic rings. The third-order valence-corrected chi connectivity index (χ3v) is 3.01. The van der Waals surface area contributed by atoms with E-state index in [0.717, 1.165) is 0 Å². The van der Waals surface area contributed by atoms with Gasteiger partial charge in [0.15, 0.2) is 0 Å². The summed E-state index contributed by atoms with van der Waals surface area (Å²) in [7, 11) is 1.68. The highest BCUT2D eigenvalue weighted by Gasteiger charge is 2.15. The first-order valence-electron chi connectivity index (χ1n) is 6.21. The lowest BCUT2D eigenvalue weighted by Crippen LogP contribution is -2.39. The third kappa shape index (κ3) is 5.47. The van der Waals surface area contributed by atoms with Crippen molar-refractivity contribution in [2.24, 2.45) is 5.92 Å². The Labute approximate surface area is 98.1 Å². The Balaban J connectivity index is 2.01. The van der Waals surface area contributed by atoms with Gasteiger partial charge >= 0.3 is 0 Å². The van der Waals surface area contributed by atoms with E-state index in [1.807, 2.05) is 0 Å². The summed E-state index contributed by atoms with van der Waals surface area (Å²) in [6.07, 6.45) is 5.02. The molecule has 1 aliphatic rings. The molecular formula is C12H24N2O2. The maximum Gasteiger partial charge on any atom is 0.233 e. The van der Waals surface area contributed by atoms with E-state index in [1.54, 1.807) is 7.11 Å². The zero-order valence-electron chi connectivity index (χ0n) is 10.4. The average Bonchev–Trinajstić information content (AvgIpc) is 2.77. The average molecular weight is 228 g/mol. The Hall–Kier alpha value is -0.610. The van der Waals surface area contributed by atoms with Crippen LogP contribution in [0.5, 0.6) is 0 Å². The van der Waals surface area contributed by atoms with E-state index >= 15 is 0 Å². The minimum atomic E-state index is 0.0925. The standard InChI is InChI=1S/C12H24N2O2/c1-10(9-16-2)7-14-12(15)8-13-11-5-3-4-6-11/h10-11,13H,3-9H2,1-2H3,(H,14,15). The second kappa shape index (κ2) is 7.63. The van der Waals surface area contributed by atoms with E-state index in [2.05, 4.69) is 17.6 Å². The summed E-state index contributed by atoms with van der Waals surface area (Å²) >= 11 is 0. The number of nitrogens with one attached hydrogen (secondary N) is 2. The Kier molecular flexibility index (Phi) is 6.42. The van der Waals surface area contributed by atoms with Crippen molar-refractivity contribution in [3.63, 3.8) is 0 Å². The number of rotatable bonds is 7. The van der Waals surface area contributed by atoms with E-state index in [-0.39, 0.29) is 5.91 Å². The van der Waals surface area contributed by atoms with Crippen molar-refractivity contribution in [3.05, 3.63) is 0 Å². The summed E-state index contributed by atoms with van der Waals surface area (Å²) in [6.45, 7) is 3.90.